The number of nitrogens with zero attached hydrogens (tertiary/aromatic N) is 1. The molecule has 0 aliphatic heterocycles. The second-order valence-corrected chi connectivity index (χ2v) is 5.78. The lowest BCUT2D eigenvalue weighted by atomic mass is 10.3. The molecule has 0 unspecified atom stereocenters. The van der Waals surface area contributed by atoms with Gasteiger partial charge in [-0.05, 0) is 26.2 Å². The maximum atomic E-state index is 10.6. The highest BCUT2D eigenvalue weighted by molar-refractivity contribution is 7.12. The molecule has 0 saturated heterocycles. The van der Waals surface area contributed by atoms with E-state index in [-0.39, 0.29) is 6.42 Å². The lowest BCUT2D eigenvalue weighted by Gasteiger charge is -2.09. The summed E-state index contributed by atoms with van der Waals surface area (Å²) in [6.45, 7) is 3.95. The summed E-state index contributed by atoms with van der Waals surface area (Å²) in [5.41, 5.74) is 0. The van der Waals surface area contributed by atoms with E-state index >= 15 is 0 Å². The van der Waals surface area contributed by atoms with Crippen LogP contribution in [0.1, 0.15) is 9.75 Å². The fraction of sp³-hybridized carbons (Fsp3) is 0.615. The van der Waals surface area contributed by atoms with Gasteiger partial charge in [0.1, 0.15) is 0 Å². The van der Waals surface area contributed by atoms with E-state index in [0.717, 1.165) is 36.0 Å². The van der Waals surface area contributed by atoms with Gasteiger partial charge in [0.15, 0.2) is 0 Å². The molecule has 5 nitrogen and oxygen atoms in total. The molecule has 1 rings (SSSR count). The molecule has 0 fully saturated rings. The van der Waals surface area contributed by atoms with Crippen molar-refractivity contribution >= 4 is 17.3 Å². The molecule has 0 amide bonds. The third-order valence-corrected chi connectivity index (χ3v) is 3.53. The molecule has 1 aromatic rings. The van der Waals surface area contributed by atoms with Gasteiger partial charge in [-0.3, -0.25) is 4.79 Å². The van der Waals surface area contributed by atoms with Crippen molar-refractivity contribution in [1.29, 1.82) is 0 Å². The molecule has 0 atom stereocenters. The summed E-state index contributed by atoms with van der Waals surface area (Å²) >= 11 is 1.54. The number of likely N-dealkylation sites (N-methyl/N-ethyl adjacent to an activating group) is 1. The number of carboxylic acids is 1. The van der Waals surface area contributed by atoms with Gasteiger partial charge >= 0.3 is 5.97 Å². The Morgan fingerprint density at radius 1 is 1.37 bits per heavy atom. The fourth-order valence-corrected chi connectivity index (χ4v) is 2.45. The second-order valence-electron chi connectivity index (χ2n) is 4.53. The Labute approximate surface area is 118 Å². The molecule has 0 aromatic carbocycles. The van der Waals surface area contributed by atoms with Crippen LogP contribution < -0.4 is 5.32 Å². The van der Waals surface area contributed by atoms with Crippen LogP contribution in [0, 0.1) is 0 Å². The number of hydrogen-bond donors (Lipinski definition) is 2. The SMILES string of the molecule is CN(C)CCOCCNCc1ccc(CC(=O)O)s1. The average molecular weight is 286 g/mol. The van der Waals surface area contributed by atoms with Gasteiger partial charge in [0.05, 0.1) is 19.6 Å². The summed E-state index contributed by atoms with van der Waals surface area (Å²) in [7, 11) is 4.04. The second kappa shape index (κ2) is 9.03. The van der Waals surface area contributed by atoms with Crippen molar-refractivity contribution in [2.75, 3.05) is 40.4 Å². The van der Waals surface area contributed by atoms with Crippen molar-refractivity contribution in [2.45, 2.75) is 13.0 Å². The summed E-state index contributed by atoms with van der Waals surface area (Å²) in [5.74, 6) is -0.782. The van der Waals surface area contributed by atoms with Crippen LogP contribution in [0.4, 0.5) is 0 Å². The first-order valence-corrected chi connectivity index (χ1v) is 7.12. The Kier molecular flexibility index (Phi) is 7.66. The van der Waals surface area contributed by atoms with Gasteiger partial charge in [-0.25, -0.2) is 0 Å². The van der Waals surface area contributed by atoms with Crippen molar-refractivity contribution in [1.82, 2.24) is 10.2 Å². The normalized spacial score (nSPS) is 11.1. The van der Waals surface area contributed by atoms with E-state index in [4.69, 9.17) is 9.84 Å². The van der Waals surface area contributed by atoms with E-state index in [1.165, 1.54) is 0 Å². The van der Waals surface area contributed by atoms with E-state index < -0.39 is 5.97 Å². The van der Waals surface area contributed by atoms with E-state index in [9.17, 15) is 4.79 Å². The van der Waals surface area contributed by atoms with Crippen LogP contribution >= 0.6 is 11.3 Å². The average Bonchev–Trinajstić information content (AvgIpc) is 2.74. The maximum absolute atomic E-state index is 10.6. The highest BCUT2D eigenvalue weighted by Gasteiger charge is 2.04. The van der Waals surface area contributed by atoms with Gasteiger partial charge in [0.25, 0.3) is 0 Å². The predicted octanol–water partition coefficient (Wildman–Crippen LogP) is 1.04. The van der Waals surface area contributed by atoms with Crippen LogP contribution in [0.5, 0.6) is 0 Å². The molecule has 19 heavy (non-hydrogen) atoms. The number of carboxylic acid groups (broad SMARTS) is 1. The molecule has 0 radical (unpaired) electrons. The van der Waals surface area contributed by atoms with Crippen LogP contribution in [-0.4, -0.2) is 56.4 Å². The highest BCUT2D eigenvalue weighted by atomic mass is 32.1. The molecule has 0 aliphatic rings. The molecule has 0 spiro atoms. The van der Waals surface area contributed by atoms with Crippen LogP contribution in [0.3, 0.4) is 0 Å². The summed E-state index contributed by atoms with van der Waals surface area (Å²) in [6, 6.07) is 3.85. The third kappa shape index (κ3) is 7.94. The van der Waals surface area contributed by atoms with Gasteiger partial charge in [0, 0.05) is 29.4 Å². The first-order chi connectivity index (χ1) is 9.08. The number of aliphatic carboxylic acids is 1. The Morgan fingerprint density at radius 2 is 2.11 bits per heavy atom. The Balaban J connectivity index is 2.06. The summed E-state index contributed by atoms with van der Waals surface area (Å²) in [6.07, 6.45) is 0.109. The van der Waals surface area contributed by atoms with E-state index in [0.29, 0.717) is 6.61 Å². The van der Waals surface area contributed by atoms with Gasteiger partial charge < -0.3 is 20.1 Å². The van der Waals surface area contributed by atoms with Gasteiger partial charge in [-0.1, -0.05) is 0 Å². The zero-order valence-corrected chi connectivity index (χ0v) is 12.3. The predicted molar refractivity (Wildman–Crippen MR) is 76.7 cm³/mol. The quantitative estimate of drug-likeness (QED) is 0.629. The summed E-state index contributed by atoms with van der Waals surface area (Å²) in [5, 5.41) is 12.0. The van der Waals surface area contributed by atoms with Crippen LogP contribution in [0.2, 0.25) is 0 Å². The van der Waals surface area contributed by atoms with Crippen molar-refractivity contribution in [3.05, 3.63) is 21.9 Å². The minimum atomic E-state index is -0.782. The number of hydrogen-bond acceptors (Lipinski definition) is 5. The molecule has 0 saturated carbocycles. The van der Waals surface area contributed by atoms with Crippen molar-refractivity contribution in [2.24, 2.45) is 0 Å². The van der Waals surface area contributed by atoms with Gasteiger partial charge in [-0.15, -0.1) is 11.3 Å². The minimum Gasteiger partial charge on any atom is -0.481 e. The molecule has 6 heteroatoms. The zero-order chi connectivity index (χ0) is 14.1. The van der Waals surface area contributed by atoms with Crippen molar-refractivity contribution in [3.63, 3.8) is 0 Å². The Bertz CT molecular complexity index is 380. The standard InChI is InChI=1S/C13H22N2O3S/c1-15(2)6-8-18-7-5-14-10-12-4-3-11(19-12)9-13(16)17/h3-4,14H,5-10H2,1-2H3,(H,16,17). The monoisotopic (exact) mass is 286 g/mol. The molecule has 1 heterocycles. The zero-order valence-electron chi connectivity index (χ0n) is 11.5. The Morgan fingerprint density at radius 3 is 2.79 bits per heavy atom. The van der Waals surface area contributed by atoms with E-state index in [1.807, 2.05) is 26.2 Å². The summed E-state index contributed by atoms with van der Waals surface area (Å²) < 4.78 is 5.46. The topological polar surface area (TPSA) is 61.8 Å². The van der Waals surface area contributed by atoms with E-state index in [2.05, 4.69) is 10.2 Å². The molecule has 1 aromatic heterocycles. The third-order valence-electron chi connectivity index (χ3n) is 2.45. The number of ether oxygens (including phenoxy) is 1. The highest BCUT2D eigenvalue weighted by Crippen LogP contribution is 2.16. The van der Waals surface area contributed by atoms with Gasteiger partial charge in [-0.2, -0.15) is 0 Å². The van der Waals surface area contributed by atoms with Crippen molar-refractivity contribution in [3.8, 4) is 0 Å². The molecule has 108 valence electrons. The smallest absolute Gasteiger partial charge is 0.308 e. The molecular weight excluding hydrogens is 264 g/mol. The first-order valence-electron chi connectivity index (χ1n) is 6.30. The van der Waals surface area contributed by atoms with Crippen LogP contribution in [-0.2, 0) is 22.5 Å². The number of nitrogens with one attached hydrogen (secondary N) is 1. The van der Waals surface area contributed by atoms with E-state index in [1.54, 1.807) is 11.3 Å². The lowest BCUT2D eigenvalue weighted by Crippen LogP contribution is -2.22. The number of carbonyl (C=O) groups is 1. The maximum Gasteiger partial charge on any atom is 0.308 e. The van der Waals surface area contributed by atoms with Crippen LogP contribution in [0.25, 0.3) is 0 Å². The molecule has 0 bridgehead atoms. The number of thiophene rings is 1. The largest absolute Gasteiger partial charge is 0.481 e. The molecular formula is C13H22N2O3S. The molecule has 2 N–H and O–H groups in total. The van der Waals surface area contributed by atoms with Gasteiger partial charge in [0.2, 0.25) is 0 Å². The van der Waals surface area contributed by atoms with Crippen molar-refractivity contribution < 1.29 is 14.6 Å². The minimum absolute atomic E-state index is 0.109. The summed E-state index contributed by atoms with van der Waals surface area (Å²) in [4.78, 5) is 14.7. The lowest BCUT2D eigenvalue weighted by molar-refractivity contribution is -0.136. The molecule has 0 aliphatic carbocycles. The van der Waals surface area contributed by atoms with Crippen LogP contribution in [0.15, 0.2) is 12.1 Å². The number of rotatable bonds is 10. The Hall–Kier alpha value is -0.950. The first kappa shape index (κ1) is 16.1. The fourth-order valence-electron chi connectivity index (χ4n) is 1.47.